The minimum absolute atomic E-state index is 0.188. The fraction of sp³-hybridized carbons (Fsp3) is 0.190. The number of benzene rings is 2. The van der Waals surface area contributed by atoms with Crippen molar-refractivity contribution >= 4 is 21.8 Å². The van der Waals surface area contributed by atoms with Gasteiger partial charge in [-0.15, -0.1) is 5.10 Å². The molecule has 0 aliphatic rings. The summed E-state index contributed by atoms with van der Waals surface area (Å²) in [6.45, 7) is 4.19. The molecule has 0 saturated carbocycles. The molecule has 0 radical (unpaired) electrons. The molecule has 144 valence electrons. The molecule has 28 heavy (non-hydrogen) atoms. The number of aromatic nitrogens is 2. The third-order valence-electron chi connectivity index (χ3n) is 4.24. The van der Waals surface area contributed by atoms with Crippen LogP contribution in [0.2, 0.25) is 0 Å². The van der Waals surface area contributed by atoms with Crippen molar-refractivity contribution in [2.75, 3.05) is 6.61 Å². The molecule has 6 nitrogen and oxygen atoms in total. The van der Waals surface area contributed by atoms with Crippen LogP contribution < -0.4 is 15.6 Å². The molecule has 0 aliphatic heterocycles. The minimum Gasteiger partial charge on any atom is -0.467 e. The Hall–Kier alpha value is -2.93. The maximum atomic E-state index is 12.2. The first-order chi connectivity index (χ1) is 13.4. The molecule has 1 amide bonds. The third-order valence-corrected chi connectivity index (χ3v) is 4.73. The molecule has 0 unspecified atom stereocenters. The van der Waals surface area contributed by atoms with Gasteiger partial charge in [-0.1, -0.05) is 34.1 Å². The fourth-order valence-corrected chi connectivity index (χ4v) is 3.00. The zero-order chi connectivity index (χ0) is 20.1. The van der Waals surface area contributed by atoms with E-state index in [1.807, 2.05) is 56.3 Å². The number of carbonyl (C=O) groups is 1. The summed E-state index contributed by atoms with van der Waals surface area (Å²) in [5.74, 6) is -0.0684. The second kappa shape index (κ2) is 8.84. The number of amides is 1. The second-order valence-corrected chi connectivity index (χ2v) is 7.30. The summed E-state index contributed by atoms with van der Waals surface area (Å²) < 4.78 is 7.68. The Balaban J connectivity index is 1.63. The van der Waals surface area contributed by atoms with Crippen molar-refractivity contribution in [3.05, 3.63) is 86.1 Å². The first-order valence-corrected chi connectivity index (χ1v) is 9.53. The molecule has 0 spiro atoms. The quantitative estimate of drug-likeness (QED) is 0.636. The number of hydrogen-bond donors (Lipinski definition) is 1. The predicted molar refractivity (Wildman–Crippen MR) is 111 cm³/mol. The summed E-state index contributed by atoms with van der Waals surface area (Å²) in [7, 11) is 0. The van der Waals surface area contributed by atoms with Crippen molar-refractivity contribution in [2.24, 2.45) is 0 Å². The highest BCUT2D eigenvalue weighted by atomic mass is 79.9. The number of hydrogen-bond acceptors (Lipinski definition) is 4. The van der Waals surface area contributed by atoms with E-state index in [4.69, 9.17) is 4.74 Å². The summed E-state index contributed by atoms with van der Waals surface area (Å²) in [6, 6.07) is 16.2. The summed E-state index contributed by atoms with van der Waals surface area (Å²) in [4.78, 5) is 24.2. The van der Waals surface area contributed by atoms with E-state index in [9.17, 15) is 9.59 Å². The molecule has 0 saturated heterocycles. The molecule has 1 N–H and O–H groups in total. The summed E-state index contributed by atoms with van der Waals surface area (Å²) in [5.41, 5.74) is 3.55. The van der Waals surface area contributed by atoms with Gasteiger partial charge in [-0.05, 0) is 54.8 Å². The molecule has 1 heterocycles. The van der Waals surface area contributed by atoms with Crippen LogP contribution in [0, 0.1) is 13.8 Å². The lowest BCUT2D eigenvalue weighted by Gasteiger charge is -2.10. The van der Waals surface area contributed by atoms with Crippen LogP contribution in [0.1, 0.15) is 16.7 Å². The molecule has 1 aromatic heterocycles. The Morgan fingerprint density at radius 2 is 1.93 bits per heavy atom. The summed E-state index contributed by atoms with van der Waals surface area (Å²) in [5, 5.41) is 7.00. The molecule has 2 aromatic carbocycles. The molecule has 3 rings (SSSR count). The maximum Gasteiger partial charge on any atom is 0.271 e. The SMILES string of the molecule is Cc1ccc(-n2nc(OCC(=O)NCc3cccc(Br)c3)ccc2=O)cc1C. The van der Waals surface area contributed by atoms with Gasteiger partial charge in [-0.2, -0.15) is 4.68 Å². The van der Waals surface area contributed by atoms with E-state index in [1.54, 1.807) is 0 Å². The van der Waals surface area contributed by atoms with Gasteiger partial charge >= 0.3 is 0 Å². The number of rotatable bonds is 6. The van der Waals surface area contributed by atoms with E-state index in [2.05, 4.69) is 26.3 Å². The monoisotopic (exact) mass is 441 g/mol. The van der Waals surface area contributed by atoms with Gasteiger partial charge in [0.05, 0.1) is 5.69 Å². The van der Waals surface area contributed by atoms with Crippen LogP contribution in [0.25, 0.3) is 5.69 Å². The van der Waals surface area contributed by atoms with Crippen molar-refractivity contribution in [3.8, 4) is 11.6 Å². The highest BCUT2D eigenvalue weighted by molar-refractivity contribution is 9.10. The largest absolute Gasteiger partial charge is 0.467 e. The topological polar surface area (TPSA) is 73.2 Å². The molecule has 0 bridgehead atoms. The lowest BCUT2D eigenvalue weighted by Crippen LogP contribution is -2.29. The number of ether oxygens (including phenoxy) is 1. The smallest absolute Gasteiger partial charge is 0.271 e. The number of aryl methyl sites for hydroxylation is 2. The van der Waals surface area contributed by atoms with E-state index in [-0.39, 0.29) is 24.0 Å². The van der Waals surface area contributed by atoms with Crippen LogP contribution in [0.15, 0.2) is 63.9 Å². The van der Waals surface area contributed by atoms with Gasteiger partial charge in [-0.25, -0.2) is 0 Å². The van der Waals surface area contributed by atoms with Gasteiger partial charge < -0.3 is 10.1 Å². The Morgan fingerprint density at radius 3 is 2.68 bits per heavy atom. The van der Waals surface area contributed by atoms with Crippen molar-refractivity contribution in [1.82, 2.24) is 15.1 Å². The highest BCUT2D eigenvalue weighted by Crippen LogP contribution is 2.13. The highest BCUT2D eigenvalue weighted by Gasteiger charge is 2.08. The molecular formula is C21H20BrN3O3. The molecule has 0 aliphatic carbocycles. The zero-order valence-electron chi connectivity index (χ0n) is 15.6. The van der Waals surface area contributed by atoms with Crippen LogP contribution in [0.4, 0.5) is 0 Å². The molecule has 3 aromatic rings. The molecular weight excluding hydrogens is 422 g/mol. The van der Waals surface area contributed by atoms with E-state index in [0.717, 1.165) is 21.2 Å². The van der Waals surface area contributed by atoms with Crippen LogP contribution >= 0.6 is 15.9 Å². The number of nitrogens with zero attached hydrogens (tertiary/aromatic N) is 2. The van der Waals surface area contributed by atoms with Gasteiger partial charge in [0.1, 0.15) is 0 Å². The van der Waals surface area contributed by atoms with E-state index in [0.29, 0.717) is 12.2 Å². The zero-order valence-corrected chi connectivity index (χ0v) is 17.2. The predicted octanol–water partition coefficient (Wildman–Crippen LogP) is 3.31. The standard InChI is InChI=1S/C21H20BrN3O3/c1-14-6-7-18(10-15(14)2)25-21(27)9-8-20(24-25)28-13-19(26)23-12-16-4-3-5-17(22)11-16/h3-11H,12-13H2,1-2H3,(H,23,26). The van der Waals surface area contributed by atoms with Crippen molar-refractivity contribution in [3.63, 3.8) is 0 Å². The Morgan fingerprint density at radius 1 is 1.11 bits per heavy atom. The maximum absolute atomic E-state index is 12.2. The second-order valence-electron chi connectivity index (χ2n) is 6.39. The van der Waals surface area contributed by atoms with E-state index < -0.39 is 0 Å². The average Bonchev–Trinajstić information content (AvgIpc) is 2.68. The van der Waals surface area contributed by atoms with Crippen LogP contribution in [0.3, 0.4) is 0 Å². The van der Waals surface area contributed by atoms with Crippen molar-refractivity contribution in [2.45, 2.75) is 20.4 Å². The number of carbonyl (C=O) groups excluding carboxylic acids is 1. The Labute approximate surface area is 171 Å². The number of halogens is 1. The average molecular weight is 442 g/mol. The van der Waals surface area contributed by atoms with Crippen molar-refractivity contribution < 1.29 is 9.53 Å². The third kappa shape index (κ3) is 5.07. The minimum atomic E-state index is -0.272. The molecule has 0 atom stereocenters. The van der Waals surface area contributed by atoms with E-state index in [1.165, 1.54) is 16.8 Å². The summed E-state index contributed by atoms with van der Waals surface area (Å²) in [6.07, 6.45) is 0. The van der Waals surface area contributed by atoms with Gasteiger partial charge in [0, 0.05) is 23.2 Å². The first-order valence-electron chi connectivity index (χ1n) is 8.74. The van der Waals surface area contributed by atoms with Gasteiger partial charge in [0.25, 0.3) is 11.5 Å². The van der Waals surface area contributed by atoms with Crippen LogP contribution in [0.5, 0.6) is 5.88 Å². The molecule has 0 fully saturated rings. The van der Waals surface area contributed by atoms with E-state index >= 15 is 0 Å². The van der Waals surface area contributed by atoms with Crippen LogP contribution in [-0.4, -0.2) is 22.3 Å². The molecule has 7 heteroatoms. The van der Waals surface area contributed by atoms with Crippen molar-refractivity contribution in [1.29, 1.82) is 0 Å². The normalized spacial score (nSPS) is 10.5. The first kappa shape index (κ1) is 19.8. The van der Waals surface area contributed by atoms with Crippen LogP contribution in [-0.2, 0) is 11.3 Å². The lowest BCUT2D eigenvalue weighted by molar-refractivity contribution is -0.123. The fourth-order valence-electron chi connectivity index (χ4n) is 2.55. The van der Waals surface area contributed by atoms with Gasteiger partial charge in [-0.3, -0.25) is 9.59 Å². The Bertz CT molecular complexity index is 1060. The van der Waals surface area contributed by atoms with Gasteiger partial charge in [0.15, 0.2) is 6.61 Å². The number of nitrogens with one attached hydrogen (secondary N) is 1. The lowest BCUT2D eigenvalue weighted by atomic mass is 10.1. The summed E-state index contributed by atoms with van der Waals surface area (Å²) >= 11 is 3.40. The van der Waals surface area contributed by atoms with Gasteiger partial charge in [0.2, 0.25) is 5.88 Å². The Kier molecular flexibility index (Phi) is 6.26.